The third kappa shape index (κ3) is 4.77. The van der Waals surface area contributed by atoms with Crippen LogP contribution >= 0.6 is 0 Å². The summed E-state index contributed by atoms with van der Waals surface area (Å²) in [5.41, 5.74) is 0. The van der Waals surface area contributed by atoms with Crippen LogP contribution in [-0.4, -0.2) is 35.2 Å². The lowest BCUT2D eigenvalue weighted by Crippen LogP contribution is -2.38. The molecule has 68 valence electrons. The van der Waals surface area contributed by atoms with Gasteiger partial charge in [0.15, 0.2) is 0 Å². The normalized spacial score (nSPS) is 12.5. The maximum absolute atomic E-state index is 2.71. The zero-order valence-corrected chi connectivity index (χ0v) is 11.1. The van der Waals surface area contributed by atoms with Gasteiger partial charge in [-0.1, -0.05) is 39.8 Å². The van der Waals surface area contributed by atoms with Crippen LogP contribution in [0.2, 0.25) is 12.1 Å². The zero-order chi connectivity index (χ0) is 8.69. The summed E-state index contributed by atoms with van der Waals surface area (Å²) in [4.78, 5) is 0. The second-order valence-electron chi connectivity index (χ2n) is 3.17. The maximum atomic E-state index is 2.71. The van der Waals surface area contributed by atoms with Crippen LogP contribution in [0.4, 0.5) is 0 Å². The summed E-state index contributed by atoms with van der Waals surface area (Å²) in [7, 11) is -0.00904. The van der Waals surface area contributed by atoms with E-state index in [0.717, 1.165) is 0 Å². The largest absolute Gasteiger partial charge is 0.332 e. The van der Waals surface area contributed by atoms with E-state index in [4.69, 9.17) is 0 Å². The van der Waals surface area contributed by atoms with Crippen LogP contribution < -0.4 is 0 Å². The molecule has 0 aromatic rings. The molecule has 0 bridgehead atoms. The average Bonchev–Trinajstić information content (AvgIpc) is 2.07. The van der Waals surface area contributed by atoms with Gasteiger partial charge in [0.1, 0.15) is 0 Å². The molecule has 0 N–H and O–H groups in total. The molecule has 0 atom stereocenters. The van der Waals surface area contributed by atoms with Gasteiger partial charge in [0.25, 0.3) is 0 Å². The van der Waals surface area contributed by atoms with E-state index in [1.54, 1.807) is 0 Å². The standard InChI is InChI=1S/C8H23NSi2/c1-5-9(6-2)10-11(7-3)8-4/h11H,5-8,10H2,1-4H3. The molecule has 3 heteroatoms. The molecule has 0 heterocycles. The Bertz CT molecular complexity index is 70.2. The molecule has 0 rings (SSSR count). The van der Waals surface area contributed by atoms with Gasteiger partial charge < -0.3 is 4.57 Å². The molecule has 1 nitrogen and oxygen atoms in total. The maximum Gasteiger partial charge on any atom is 0.0832 e. The Kier molecular flexibility index (Phi) is 7.32. The highest BCUT2D eigenvalue weighted by molar-refractivity contribution is 7.11. The lowest BCUT2D eigenvalue weighted by molar-refractivity contribution is 0.500. The Morgan fingerprint density at radius 2 is 1.45 bits per heavy atom. The molecular weight excluding hydrogens is 166 g/mol. The van der Waals surface area contributed by atoms with E-state index >= 15 is 0 Å². The highest BCUT2D eigenvalue weighted by Crippen LogP contribution is 1.98. The molecule has 0 amide bonds. The van der Waals surface area contributed by atoms with Crippen molar-refractivity contribution in [2.24, 2.45) is 0 Å². The molecule has 0 aromatic heterocycles. The Balaban J connectivity index is 3.58. The molecule has 0 spiro atoms. The lowest BCUT2D eigenvalue weighted by Gasteiger charge is -2.21. The van der Waals surface area contributed by atoms with Crippen molar-refractivity contribution in [1.82, 2.24) is 4.57 Å². The van der Waals surface area contributed by atoms with Crippen molar-refractivity contribution in [3.8, 4) is 0 Å². The van der Waals surface area contributed by atoms with Crippen LogP contribution in [-0.2, 0) is 0 Å². The van der Waals surface area contributed by atoms with Crippen LogP contribution in [0, 0.1) is 0 Å². The first-order valence-electron chi connectivity index (χ1n) is 5.00. The predicted molar refractivity (Wildman–Crippen MR) is 59.6 cm³/mol. The van der Waals surface area contributed by atoms with Crippen LogP contribution in [0.25, 0.3) is 0 Å². The molecule has 0 radical (unpaired) electrons. The van der Waals surface area contributed by atoms with E-state index in [2.05, 4.69) is 32.3 Å². The third-order valence-corrected chi connectivity index (χ3v) is 13.4. The molecule has 0 saturated carbocycles. The van der Waals surface area contributed by atoms with Gasteiger partial charge in [0.2, 0.25) is 0 Å². The molecule has 0 aliphatic rings. The molecule has 0 unspecified atom stereocenters. The number of nitrogens with zero attached hydrogens (tertiary/aromatic N) is 1. The lowest BCUT2D eigenvalue weighted by atomic mass is 10.7. The first-order valence-corrected chi connectivity index (χ1v) is 10.5. The minimum atomic E-state index is -0.220. The molecule has 0 fully saturated rings. The summed E-state index contributed by atoms with van der Waals surface area (Å²) in [6.07, 6.45) is 0. The first kappa shape index (κ1) is 11.4. The summed E-state index contributed by atoms with van der Waals surface area (Å²) in [5.74, 6) is 0. The third-order valence-electron chi connectivity index (χ3n) is 2.57. The molecule has 0 aliphatic carbocycles. The Morgan fingerprint density at radius 1 is 1.00 bits per heavy atom. The van der Waals surface area contributed by atoms with Gasteiger partial charge >= 0.3 is 0 Å². The van der Waals surface area contributed by atoms with Gasteiger partial charge in [-0.3, -0.25) is 0 Å². The van der Waals surface area contributed by atoms with E-state index in [1.165, 1.54) is 25.2 Å². The minimum Gasteiger partial charge on any atom is -0.332 e. The van der Waals surface area contributed by atoms with Crippen molar-refractivity contribution in [2.45, 2.75) is 39.8 Å². The number of rotatable bonds is 6. The fourth-order valence-corrected chi connectivity index (χ4v) is 9.02. The molecule has 11 heavy (non-hydrogen) atoms. The summed E-state index contributed by atoms with van der Waals surface area (Å²) in [6.45, 7) is 12.0. The van der Waals surface area contributed by atoms with Crippen molar-refractivity contribution in [1.29, 1.82) is 0 Å². The SMILES string of the molecule is CCN(CC)[SiH2][SiH](CC)CC. The van der Waals surface area contributed by atoms with Crippen LogP contribution in [0.3, 0.4) is 0 Å². The summed E-state index contributed by atoms with van der Waals surface area (Å²) >= 11 is 0. The zero-order valence-electron chi connectivity index (χ0n) is 8.56. The van der Waals surface area contributed by atoms with E-state index in [1.807, 2.05) is 0 Å². The van der Waals surface area contributed by atoms with Gasteiger partial charge in [-0.15, -0.1) is 0 Å². The Labute approximate surface area is 75.5 Å². The highest BCUT2D eigenvalue weighted by Gasteiger charge is 2.09. The van der Waals surface area contributed by atoms with E-state index in [0.29, 0.717) is 0 Å². The van der Waals surface area contributed by atoms with E-state index in [9.17, 15) is 0 Å². The summed E-state index contributed by atoms with van der Waals surface area (Å²) in [5, 5.41) is 0. The van der Waals surface area contributed by atoms with Crippen molar-refractivity contribution >= 4 is 17.5 Å². The fourth-order valence-electron chi connectivity index (χ4n) is 1.39. The van der Waals surface area contributed by atoms with Gasteiger partial charge in [-0.25, -0.2) is 0 Å². The van der Waals surface area contributed by atoms with Gasteiger partial charge in [0.05, 0.1) is 9.20 Å². The monoisotopic (exact) mass is 189 g/mol. The quantitative estimate of drug-likeness (QED) is 0.567. The smallest absolute Gasteiger partial charge is 0.0832 e. The van der Waals surface area contributed by atoms with Crippen LogP contribution in [0.5, 0.6) is 0 Å². The molecule has 0 aromatic carbocycles. The Hall–Kier alpha value is 0.394. The van der Waals surface area contributed by atoms with E-state index < -0.39 is 0 Å². The number of hydrogen-bond donors (Lipinski definition) is 0. The molecule has 0 saturated heterocycles. The summed E-state index contributed by atoms with van der Waals surface area (Å²) < 4.78 is 2.71. The highest BCUT2D eigenvalue weighted by atomic mass is 29.2. The van der Waals surface area contributed by atoms with Gasteiger partial charge in [0, 0.05) is 8.31 Å². The van der Waals surface area contributed by atoms with Crippen molar-refractivity contribution in [2.75, 3.05) is 13.1 Å². The average molecular weight is 189 g/mol. The van der Waals surface area contributed by atoms with Crippen molar-refractivity contribution in [3.63, 3.8) is 0 Å². The Morgan fingerprint density at radius 3 is 1.73 bits per heavy atom. The van der Waals surface area contributed by atoms with Crippen molar-refractivity contribution in [3.05, 3.63) is 0 Å². The molecular formula is C8H23NSi2. The summed E-state index contributed by atoms with van der Waals surface area (Å²) in [6, 6.07) is 3.05. The van der Waals surface area contributed by atoms with Gasteiger partial charge in [-0.05, 0) is 13.1 Å². The van der Waals surface area contributed by atoms with Crippen LogP contribution in [0.1, 0.15) is 27.7 Å². The van der Waals surface area contributed by atoms with Crippen molar-refractivity contribution < 1.29 is 0 Å². The molecule has 0 aliphatic heterocycles. The topological polar surface area (TPSA) is 3.24 Å². The second kappa shape index (κ2) is 7.07. The van der Waals surface area contributed by atoms with Crippen LogP contribution in [0.15, 0.2) is 0 Å². The predicted octanol–water partition coefficient (Wildman–Crippen LogP) is 1.18. The first-order chi connectivity index (χ1) is 5.28. The fraction of sp³-hybridized carbons (Fsp3) is 1.00. The minimum absolute atomic E-state index is 0.211. The van der Waals surface area contributed by atoms with Gasteiger partial charge in [-0.2, -0.15) is 0 Å². The second-order valence-corrected chi connectivity index (χ2v) is 12.4. The van der Waals surface area contributed by atoms with E-state index in [-0.39, 0.29) is 17.5 Å². The number of hydrogen-bond acceptors (Lipinski definition) is 1.